The number of alkyl halides is 2. The first kappa shape index (κ1) is 23.7. The summed E-state index contributed by atoms with van der Waals surface area (Å²) in [6.07, 6.45) is 0. The molecule has 2 aromatic heterocycles. The Hall–Kier alpha value is -3.46. The lowest BCUT2D eigenvalue weighted by Crippen LogP contribution is -2.08. The first-order valence-electron chi connectivity index (χ1n) is 10.7. The van der Waals surface area contributed by atoms with Gasteiger partial charge < -0.3 is 13.9 Å². The lowest BCUT2D eigenvalue weighted by Gasteiger charge is -2.11. The number of ether oxygens (including phenoxy) is 1. The quantitative estimate of drug-likeness (QED) is 0.229. The van der Waals surface area contributed by atoms with Crippen molar-refractivity contribution in [2.75, 3.05) is 5.75 Å². The number of aromatic nitrogens is 4. The molecule has 6 nitrogen and oxygen atoms in total. The van der Waals surface area contributed by atoms with E-state index < -0.39 is 6.61 Å². The molecule has 0 aliphatic carbocycles. The summed E-state index contributed by atoms with van der Waals surface area (Å²) in [7, 11) is 0. The predicted octanol–water partition coefficient (Wildman–Crippen LogP) is 5.62. The van der Waals surface area contributed by atoms with Gasteiger partial charge in [-0.2, -0.15) is 8.78 Å². The third kappa shape index (κ3) is 5.20. The summed E-state index contributed by atoms with van der Waals surface area (Å²) in [4.78, 5) is 13.1. The molecule has 4 rings (SSSR count). The normalized spacial score (nSPS) is 11.2. The summed E-state index contributed by atoms with van der Waals surface area (Å²) in [5.74, 6) is 1.08. The third-order valence-corrected chi connectivity index (χ3v) is 6.44. The van der Waals surface area contributed by atoms with Crippen molar-refractivity contribution in [1.29, 1.82) is 0 Å². The van der Waals surface area contributed by atoms with Gasteiger partial charge in [-0.3, -0.25) is 4.79 Å². The molecule has 0 radical (unpaired) electrons. The Morgan fingerprint density at radius 1 is 1.03 bits per heavy atom. The van der Waals surface area contributed by atoms with Gasteiger partial charge in [0.1, 0.15) is 11.6 Å². The number of thioether (sulfide) groups is 1. The Morgan fingerprint density at radius 3 is 2.41 bits per heavy atom. The van der Waals surface area contributed by atoms with E-state index in [0.29, 0.717) is 17.3 Å². The van der Waals surface area contributed by atoms with Crippen LogP contribution >= 0.6 is 11.8 Å². The number of rotatable bonds is 9. The topological polar surface area (TPSA) is 61.9 Å². The van der Waals surface area contributed by atoms with Crippen LogP contribution in [-0.2, 0) is 6.54 Å². The van der Waals surface area contributed by atoms with Crippen LogP contribution in [0.2, 0.25) is 0 Å². The fourth-order valence-corrected chi connectivity index (χ4v) is 4.71. The SMILES string of the molecule is Cc1nnc(SCC(=O)c2cc(C)n(-c3ccc(OC(F)F)cc3)c2C)n1Cc1ccccc1. The molecule has 0 atom stereocenters. The van der Waals surface area contributed by atoms with E-state index in [1.807, 2.05) is 66.3 Å². The molecule has 0 amide bonds. The van der Waals surface area contributed by atoms with Crippen molar-refractivity contribution in [3.8, 4) is 11.4 Å². The zero-order valence-corrected chi connectivity index (χ0v) is 19.9. The van der Waals surface area contributed by atoms with Crippen molar-refractivity contribution in [2.24, 2.45) is 0 Å². The minimum Gasteiger partial charge on any atom is -0.435 e. The Morgan fingerprint density at radius 2 is 1.74 bits per heavy atom. The molecule has 4 aromatic rings. The van der Waals surface area contributed by atoms with Crippen LogP contribution in [0.5, 0.6) is 5.75 Å². The smallest absolute Gasteiger partial charge is 0.387 e. The summed E-state index contributed by atoms with van der Waals surface area (Å²) >= 11 is 1.36. The maximum absolute atomic E-state index is 13.1. The van der Waals surface area contributed by atoms with Crippen molar-refractivity contribution in [3.63, 3.8) is 0 Å². The molecule has 0 aliphatic heterocycles. The number of ketones is 1. The minimum absolute atomic E-state index is 0.0195. The number of Topliss-reactive ketones (excluding diaryl/α,β-unsaturated/α-hetero) is 1. The molecule has 0 N–H and O–H groups in total. The molecule has 9 heteroatoms. The highest BCUT2D eigenvalue weighted by Gasteiger charge is 2.19. The van der Waals surface area contributed by atoms with Crippen LogP contribution in [0.25, 0.3) is 5.69 Å². The van der Waals surface area contributed by atoms with E-state index in [0.717, 1.165) is 28.5 Å². The predicted molar refractivity (Wildman–Crippen MR) is 127 cm³/mol. The average Bonchev–Trinajstić information content (AvgIpc) is 3.31. The van der Waals surface area contributed by atoms with Crippen LogP contribution in [0.1, 0.15) is 33.1 Å². The molecule has 176 valence electrons. The third-order valence-electron chi connectivity index (χ3n) is 5.47. The van der Waals surface area contributed by atoms with E-state index >= 15 is 0 Å². The summed E-state index contributed by atoms with van der Waals surface area (Å²) in [5.41, 5.74) is 4.17. The largest absolute Gasteiger partial charge is 0.435 e. The van der Waals surface area contributed by atoms with Gasteiger partial charge >= 0.3 is 6.61 Å². The van der Waals surface area contributed by atoms with Crippen molar-refractivity contribution < 1.29 is 18.3 Å². The Bertz CT molecular complexity index is 1280. The van der Waals surface area contributed by atoms with E-state index in [9.17, 15) is 13.6 Å². The standard InChI is InChI=1S/C25H24F2N4O2S/c1-16-13-22(17(2)31(16)20-9-11-21(12-10-20)33-24(26)27)23(32)15-34-25-29-28-18(3)30(25)14-19-7-5-4-6-8-19/h4-13,24H,14-15H2,1-3H3. The van der Waals surface area contributed by atoms with Crippen LogP contribution < -0.4 is 4.74 Å². The first-order valence-corrected chi connectivity index (χ1v) is 11.7. The van der Waals surface area contributed by atoms with E-state index in [1.54, 1.807) is 12.1 Å². The lowest BCUT2D eigenvalue weighted by atomic mass is 10.2. The number of nitrogens with zero attached hydrogens (tertiary/aromatic N) is 4. The first-order chi connectivity index (χ1) is 16.3. The highest BCUT2D eigenvalue weighted by molar-refractivity contribution is 7.99. The number of benzene rings is 2. The zero-order valence-electron chi connectivity index (χ0n) is 19.0. The maximum Gasteiger partial charge on any atom is 0.387 e. The zero-order chi connectivity index (χ0) is 24.2. The number of hydrogen-bond acceptors (Lipinski definition) is 5. The number of hydrogen-bond donors (Lipinski definition) is 0. The average molecular weight is 483 g/mol. The summed E-state index contributed by atoms with van der Waals surface area (Å²) < 4.78 is 33.2. The van der Waals surface area contributed by atoms with Crippen LogP contribution in [0.4, 0.5) is 8.78 Å². The van der Waals surface area contributed by atoms with Gasteiger partial charge in [-0.25, -0.2) is 0 Å². The van der Waals surface area contributed by atoms with Gasteiger partial charge in [0.2, 0.25) is 0 Å². The molecule has 2 heterocycles. The van der Waals surface area contributed by atoms with Crippen molar-refractivity contribution in [1.82, 2.24) is 19.3 Å². The van der Waals surface area contributed by atoms with E-state index in [-0.39, 0.29) is 17.3 Å². The van der Waals surface area contributed by atoms with Crippen molar-refractivity contribution >= 4 is 17.5 Å². The van der Waals surface area contributed by atoms with Gasteiger partial charge in [0.15, 0.2) is 10.9 Å². The number of carbonyl (C=O) groups excluding carboxylic acids is 1. The second kappa shape index (κ2) is 10.2. The Labute approximate surface area is 200 Å². The minimum atomic E-state index is -2.87. The number of carbonyl (C=O) groups is 1. The van der Waals surface area contributed by atoms with Gasteiger partial charge in [-0.15, -0.1) is 10.2 Å². The molecule has 2 aromatic carbocycles. The molecule has 0 bridgehead atoms. The second-order valence-corrected chi connectivity index (χ2v) is 8.75. The van der Waals surface area contributed by atoms with E-state index in [4.69, 9.17) is 0 Å². The molecule has 34 heavy (non-hydrogen) atoms. The second-order valence-electron chi connectivity index (χ2n) is 7.81. The van der Waals surface area contributed by atoms with Crippen LogP contribution in [-0.4, -0.2) is 37.5 Å². The molecular weight excluding hydrogens is 458 g/mol. The highest BCUT2D eigenvalue weighted by Crippen LogP contribution is 2.26. The fraction of sp³-hybridized carbons (Fsp3) is 0.240. The summed E-state index contributed by atoms with van der Waals surface area (Å²) in [5, 5.41) is 9.13. The summed E-state index contributed by atoms with van der Waals surface area (Å²) in [6, 6.07) is 18.2. The Kier molecular flexibility index (Phi) is 7.12. The van der Waals surface area contributed by atoms with Gasteiger partial charge in [0.25, 0.3) is 0 Å². The fourth-order valence-electron chi connectivity index (χ4n) is 3.84. The van der Waals surface area contributed by atoms with E-state index in [2.05, 4.69) is 14.9 Å². The number of halogens is 2. The van der Waals surface area contributed by atoms with Crippen LogP contribution in [0.3, 0.4) is 0 Å². The van der Waals surface area contributed by atoms with Crippen LogP contribution in [0, 0.1) is 20.8 Å². The van der Waals surface area contributed by atoms with Gasteiger partial charge in [-0.1, -0.05) is 42.1 Å². The number of aryl methyl sites for hydroxylation is 2. The van der Waals surface area contributed by atoms with Gasteiger partial charge in [-0.05, 0) is 56.7 Å². The molecule has 0 aliphatic rings. The van der Waals surface area contributed by atoms with Crippen LogP contribution in [0.15, 0.2) is 65.8 Å². The maximum atomic E-state index is 13.1. The molecule has 0 fully saturated rings. The molecule has 0 spiro atoms. The molecular formula is C25H24F2N4O2S. The highest BCUT2D eigenvalue weighted by atomic mass is 32.2. The Balaban J connectivity index is 1.49. The van der Waals surface area contributed by atoms with Crippen molar-refractivity contribution in [3.05, 3.63) is 89.0 Å². The summed E-state index contributed by atoms with van der Waals surface area (Å²) in [6.45, 7) is 3.44. The monoisotopic (exact) mass is 482 g/mol. The van der Waals surface area contributed by atoms with E-state index in [1.165, 1.54) is 23.9 Å². The molecule has 0 saturated heterocycles. The van der Waals surface area contributed by atoms with Gasteiger partial charge in [0.05, 0.1) is 12.3 Å². The molecule has 0 saturated carbocycles. The molecule has 0 unspecified atom stereocenters. The van der Waals surface area contributed by atoms with Crippen molar-refractivity contribution in [2.45, 2.75) is 39.1 Å². The van der Waals surface area contributed by atoms with Gasteiger partial charge in [0, 0.05) is 22.6 Å². The lowest BCUT2D eigenvalue weighted by molar-refractivity contribution is -0.0498.